The van der Waals surface area contributed by atoms with Gasteiger partial charge in [0, 0.05) is 26.7 Å². The first-order valence-corrected chi connectivity index (χ1v) is 9.05. The van der Waals surface area contributed by atoms with Crippen molar-refractivity contribution >= 4 is 5.91 Å². The van der Waals surface area contributed by atoms with E-state index in [1.54, 1.807) is 24.9 Å². The van der Waals surface area contributed by atoms with Gasteiger partial charge < -0.3 is 9.80 Å². The molecule has 0 unspecified atom stereocenters. The summed E-state index contributed by atoms with van der Waals surface area (Å²) in [5.41, 5.74) is 1.55. The molecule has 3 rings (SSSR count). The highest BCUT2D eigenvalue weighted by Crippen LogP contribution is 2.19. The van der Waals surface area contributed by atoms with Gasteiger partial charge in [0.15, 0.2) is 5.69 Å². The van der Waals surface area contributed by atoms with Crippen molar-refractivity contribution in [3.63, 3.8) is 0 Å². The van der Waals surface area contributed by atoms with E-state index in [2.05, 4.69) is 19.8 Å². The second-order valence-electron chi connectivity index (χ2n) is 7.03. The predicted octanol–water partition coefficient (Wildman–Crippen LogP) is 2.54. The smallest absolute Gasteiger partial charge is 0.277 e. The highest BCUT2D eigenvalue weighted by atomic mass is 19.1. The molecule has 0 spiro atoms. The predicted molar refractivity (Wildman–Crippen MR) is 95.3 cm³/mol. The molecule has 1 aliphatic heterocycles. The van der Waals surface area contributed by atoms with Crippen molar-refractivity contribution in [3.8, 4) is 0 Å². The number of likely N-dealkylation sites (tertiary alicyclic amines) is 1. The van der Waals surface area contributed by atoms with Crippen molar-refractivity contribution < 1.29 is 13.8 Å². The molecule has 0 bridgehead atoms. The largest absolute Gasteiger partial charge is 0.340 e. The Morgan fingerprint density at radius 3 is 2.92 bits per heavy atom. The molecule has 0 saturated carbocycles. The van der Waals surface area contributed by atoms with Crippen LogP contribution >= 0.6 is 0 Å². The van der Waals surface area contributed by atoms with Gasteiger partial charge in [-0.15, -0.1) is 0 Å². The standard InChI is InChI=1S/C19H25FN4O2/c1-14-18(22-26-21-14)19(25)23(2)12-15-6-5-10-24(13-15)11-9-16-7-3-4-8-17(16)20/h3-4,7-8,15H,5-6,9-13H2,1-2H3/t15-/m1/s1. The molecule has 1 atom stereocenters. The number of rotatable bonds is 6. The van der Waals surface area contributed by atoms with Crippen molar-refractivity contribution in [1.82, 2.24) is 20.1 Å². The van der Waals surface area contributed by atoms with Crippen LogP contribution in [-0.2, 0) is 6.42 Å². The van der Waals surface area contributed by atoms with E-state index in [1.165, 1.54) is 6.07 Å². The van der Waals surface area contributed by atoms with Crippen LogP contribution in [-0.4, -0.2) is 59.2 Å². The minimum Gasteiger partial charge on any atom is -0.340 e. The Balaban J connectivity index is 1.51. The second-order valence-corrected chi connectivity index (χ2v) is 7.03. The first kappa shape index (κ1) is 18.5. The van der Waals surface area contributed by atoms with Gasteiger partial charge in [0.25, 0.3) is 5.91 Å². The Morgan fingerprint density at radius 2 is 2.19 bits per heavy atom. The van der Waals surface area contributed by atoms with Crippen LogP contribution in [0.2, 0.25) is 0 Å². The monoisotopic (exact) mass is 360 g/mol. The summed E-state index contributed by atoms with van der Waals surface area (Å²) >= 11 is 0. The third-order valence-electron chi connectivity index (χ3n) is 4.99. The zero-order chi connectivity index (χ0) is 18.5. The quantitative estimate of drug-likeness (QED) is 0.792. The van der Waals surface area contributed by atoms with Crippen molar-refractivity contribution in [2.24, 2.45) is 5.92 Å². The lowest BCUT2D eigenvalue weighted by Gasteiger charge is -2.34. The van der Waals surface area contributed by atoms with Gasteiger partial charge in [0.05, 0.1) is 0 Å². The topological polar surface area (TPSA) is 62.5 Å². The summed E-state index contributed by atoms with van der Waals surface area (Å²) in [6.07, 6.45) is 2.89. The van der Waals surface area contributed by atoms with Gasteiger partial charge in [-0.25, -0.2) is 9.02 Å². The van der Waals surface area contributed by atoms with Crippen LogP contribution in [0.1, 0.15) is 34.6 Å². The SMILES string of the molecule is Cc1nonc1C(=O)N(C)C[C@H]1CCCN(CCc2ccccc2F)C1. The number of halogens is 1. The van der Waals surface area contributed by atoms with E-state index in [4.69, 9.17) is 0 Å². The highest BCUT2D eigenvalue weighted by molar-refractivity contribution is 5.92. The minimum absolute atomic E-state index is 0.136. The second kappa shape index (κ2) is 8.40. The highest BCUT2D eigenvalue weighted by Gasteiger charge is 2.25. The summed E-state index contributed by atoms with van der Waals surface area (Å²) in [6.45, 7) is 5.16. The fraction of sp³-hybridized carbons (Fsp3) is 0.526. The Morgan fingerprint density at radius 1 is 1.38 bits per heavy atom. The third kappa shape index (κ3) is 4.46. The summed E-state index contributed by atoms with van der Waals surface area (Å²) in [5, 5.41) is 7.36. The molecule has 1 saturated heterocycles. The molecule has 0 radical (unpaired) electrons. The summed E-state index contributed by atoms with van der Waals surface area (Å²) in [4.78, 5) is 16.5. The summed E-state index contributed by atoms with van der Waals surface area (Å²) in [5.74, 6) is 0.105. The lowest BCUT2D eigenvalue weighted by molar-refractivity contribution is 0.0719. The normalized spacial score (nSPS) is 18.0. The van der Waals surface area contributed by atoms with Crippen LogP contribution < -0.4 is 0 Å². The Bertz CT molecular complexity index is 749. The molecule has 2 heterocycles. The molecule has 6 nitrogen and oxygen atoms in total. The van der Waals surface area contributed by atoms with Gasteiger partial charge in [-0.2, -0.15) is 0 Å². The fourth-order valence-corrected chi connectivity index (χ4v) is 3.56. The van der Waals surface area contributed by atoms with Gasteiger partial charge in [-0.05, 0) is 55.4 Å². The summed E-state index contributed by atoms with van der Waals surface area (Å²) < 4.78 is 18.4. The molecule has 2 aromatic rings. The molecule has 140 valence electrons. The molecule has 1 fully saturated rings. The Kier molecular flexibility index (Phi) is 5.98. The van der Waals surface area contributed by atoms with Crippen LogP contribution in [0.5, 0.6) is 0 Å². The number of aromatic nitrogens is 2. The van der Waals surface area contributed by atoms with Gasteiger partial charge in [-0.3, -0.25) is 4.79 Å². The third-order valence-corrected chi connectivity index (χ3v) is 4.99. The van der Waals surface area contributed by atoms with Crippen molar-refractivity contribution in [2.45, 2.75) is 26.2 Å². The molecule has 7 heteroatoms. The molecule has 1 aromatic heterocycles. The van der Waals surface area contributed by atoms with Gasteiger partial charge in [0.2, 0.25) is 0 Å². The van der Waals surface area contributed by atoms with Crippen LogP contribution in [0, 0.1) is 18.7 Å². The number of carbonyl (C=O) groups is 1. The van der Waals surface area contributed by atoms with Gasteiger partial charge in [0.1, 0.15) is 11.5 Å². The Hall–Kier alpha value is -2.28. The first-order chi connectivity index (χ1) is 12.5. The lowest BCUT2D eigenvalue weighted by atomic mass is 9.97. The van der Waals surface area contributed by atoms with E-state index in [0.29, 0.717) is 24.6 Å². The van der Waals surface area contributed by atoms with Crippen molar-refractivity contribution in [2.75, 3.05) is 33.2 Å². The molecule has 0 N–H and O–H groups in total. The van der Waals surface area contributed by atoms with Crippen LogP contribution in [0.4, 0.5) is 4.39 Å². The molecule has 0 aliphatic carbocycles. The number of hydrogen-bond donors (Lipinski definition) is 0. The van der Waals surface area contributed by atoms with E-state index in [9.17, 15) is 9.18 Å². The van der Waals surface area contributed by atoms with Gasteiger partial charge >= 0.3 is 0 Å². The van der Waals surface area contributed by atoms with Crippen LogP contribution in [0.25, 0.3) is 0 Å². The maximum Gasteiger partial charge on any atom is 0.277 e. The molecule has 1 aliphatic rings. The summed E-state index contributed by atoms with van der Waals surface area (Å²) in [6, 6.07) is 6.95. The molecule has 26 heavy (non-hydrogen) atoms. The summed E-state index contributed by atoms with van der Waals surface area (Å²) in [7, 11) is 1.79. The number of amides is 1. The van der Waals surface area contributed by atoms with Gasteiger partial charge in [-0.1, -0.05) is 23.4 Å². The molecular weight excluding hydrogens is 335 g/mol. The Labute approximate surface area is 152 Å². The van der Waals surface area contributed by atoms with E-state index in [0.717, 1.165) is 38.0 Å². The number of piperidine rings is 1. The van der Waals surface area contributed by atoms with E-state index >= 15 is 0 Å². The maximum absolute atomic E-state index is 13.8. The number of hydrogen-bond acceptors (Lipinski definition) is 5. The van der Waals surface area contributed by atoms with Crippen LogP contribution in [0.3, 0.4) is 0 Å². The number of aryl methyl sites for hydroxylation is 1. The van der Waals surface area contributed by atoms with Crippen molar-refractivity contribution in [1.29, 1.82) is 0 Å². The fourth-order valence-electron chi connectivity index (χ4n) is 3.56. The number of benzene rings is 1. The van der Waals surface area contributed by atoms with E-state index in [1.807, 2.05) is 12.1 Å². The van der Waals surface area contributed by atoms with E-state index < -0.39 is 0 Å². The van der Waals surface area contributed by atoms with Crippen LogP contribution in [0.15, 0.2) is 28.9 Å². The molecule has 1 aromatic carbocycles. The zero-order valence-electron chi connectivity index (χ0n) is 15.3. The van der Waals surface area contributed by atoms with Crippen molar-refractivity contribution in [3.05, 3.63) is 47.0 Å². The lowest BCUT2D eigenvalue weighted by Crippen LogP contribution is -2.42. The molecular formula is C19H25FN4O2. The number of carbonyl (C=O) groups excluding carboxylic acids is 1. The first-order valence-electron chi connectivity index (χ1n) is 9.05. The average molecular weight is 360 g/mol. The zero-order valence-corrected chi connectivity index (χ0v) is 15.3. The minimum atomic E-state index is -0.160. The average Bonchev–Trinajstić information content (AvgIpc) is 3.06. The molecule has 1 amide bonds. The maximum atomic E-state index is 13.8. The number of nitrogens with zero attached hydrogens (tertiary/aromatic N) is 4. The van der Waals surface area contributed by atoms with E-state index in [-0.39, 0.29) is 17.4 Å².